The summed E-state index contributed by atoms with van der Waals surface area (Å²) >= 11 is 0. The molecule has 2 aliphatic rings. The van der Waals surface area contributed by atoms with Crippen molar-refractivity contribution in [1.82, 2.24) is 4.98 Å². The Morgan fingerprint density at radius 3 is 2.62 bits per heavy atom. The van der Waals surface area contributed by atoms with Crippen LogP contribution < -0.4 is 0 Å². The van der Waals surface area contributed by atoms with Gasteiger partial charge < -0.3 is 4.98 Å². The molecule has 0 saturated heterocycles. The molecule has 0 amide bonds. The second kappa shape index (κ2) is 7.13. The van der Waals surface area contributed by atoms with Gasteiger partial charge in [-0.25, -0.2) is 0 Å². The van der Waals surface area contributed by atoms with Crippen molar-refractivity contribution >= 4 is 33.9 Å². The minimum absolute atomic E-state index is 0.131. The van der Waals surface area contributed by atoms with Gasteiger partial charge in [-0.15, -0.1) is 0 Å². The Hall–Kier alpha value is -3.78. The Morgan fingerprint density at radius 1 is 1.16 bits per heavy atom. The van der Waals surface area contributed by atoms with E-state index in [1.807, 2.05) is 42.5 Å². The van der Waals surface area contributed by atoms with Gasteiger partial charge in [0.15, 0.2) is 17.3 Å². The number of benzene rings is 2. The van der Waals surface area contributed by atoms with Gasteiger partial charge in [-0.05, 0) is 37.6 Å². The molecule has 1 fully saturated rings. The van der Waals surface area contributed by atoms with Crippen LogP contribution >= 0.6 is 0 Å². The summed E-state index contributed by atoms with van der Waals surface area (Å²) in [5, 5.41) is 10.3. The first-order valence-corrected chi connectivity index (χ1v) is 10.9. The van der Waals surface area contributed by atoms with Crippen LogP contribution in [0.4, 0.5) is 5.69 Å². The van der Waals surface area contributed by atoms with Gasteiger partial charge >= 0.3 is 0 Å². The summed E-state index contributed by atoms with van der Waals surface area (Å²) in [4.78, 5) is 29.5. The lowest BCUT2D eigenvalue weighted by molar-refractivity contribution is -0.437. The summed E-state index contributed by atoms with van der Waals surface area (Å²) in [6.45, 7) is 7.04. The first-order chi connectivity index (χ1) is 15.4. The molecule has 0 bridgehead atoms. The van der Waals surface area contributed by atoms with E-state index >= 15 is 0 Å². The summed E-state index contributed by atoms with van der Waals surface area (Å²) in [6.07, 6.45) is 4.48. The second-order valence-corrected chi connectivity index (χ2v) is 9.01. The van der Waals surface area contributed by atoms with E-state index in [-0.39, 0.29) is 17.1 Å². The molecule has 3 aromatic rings. The minimum atomic E-state index is -0.741. The molecule has 5 nitrogen and oxygen atoms in total. The van der Waals surface area contributed by atoms with Crippen molar-refractivity contribution in [2.45, 2.75) is 38.5 Å². The van der Waals surface area contributed by atoms with Gasteiger partial charge in [-0.1, -0.05) is 25.1 Å². The van der Waals surface area contributed by atoms with E-state index in [4.69, 9.17) is 0 Å². The lowest BCUT2D eigenvalue weighted by atomic mass is 9.71. The first-order valence-electron chi connectivity index (χ1n) is 10.9. The summed E-state index contributed by atoms with van der Waals surface area (Å²) in [5.74, 6) is -1.00. The molecule has 1 aliphatic carbocycles. The van der Waals surface area contributed by atoms with Crippen molar-refractivity contribution in [3.8, 4) is 6.07 Å². The lowest BCUT2D eigenvalue weighted by Gasteiger charge is -2.26. The molecule has 5 heteroatoms. The van der Waals surface area contributed by atoms with Crippen LogP contribution in [0.25, 0.3) is 10.9 Å². The molecule has 5 rings (SSSR count). The third-order valence-corrected chi connectivity index (χ3v) is 6.74. The van der Waals surface area contributed by atoms with E-state index < -0.39 is 11.3 Å². The fourth-order valence-electron chi connectivity index (χ4n) is 5.04. The van der Waals surface area contributed by atoms with Crippen LogP contribution in [0, 0.1) is 11.3 Å². The van der Waals surface area contributed by atoms with Crippen molar-refractivity contribution in [1.29, 1.82) is 5.26 Å². The number of H-pyrrole nitrogens is 1. The highest BCUT2D eigenvalue weighted by molar-refractivity contribution is 6.43. The first kappa shape index (κ1) is 20.1. The van der Waals surface area contributed by atoms with Gasteiger partial charge in [-0.2, -0.15) is 9.84 Å². The topological polar surface area (TPSA) is 76.7 Å². The van der Waals surface area contributed by atoms with Crippen LogP contribution in [-0.2, 0) is 15.0 Å². The van der Waals surface area contributed by atoms with Crippen molar-refractivity contribution in [2.75, 3.05) is 6.54 Å². The molecule has 1 aliphatic heterocycles. The Morgan fingerprint density at radius 2 is 1.91 bits per heavy atom. The third-order valence-electron chi connectivity index (χ3n) is 6.74. The highest BCUT2D eigenvalue weighted by Crippen LogP contribution is 2.43. The quantitative estimate of drug-likeness (QED) is 0.287. The lowest BCUT2D eigenvalue weighted by Crippen LogP contribution is -2.40. The van der Waals surface area contributed by atoms with E-state index in [1.165, 1.54) is 0 Å². The van der Waals surface area contributed by atoms with Gasteiger partial charge in [0.1, 0.15) is 12.5 Å². The average molecular weight is 423 g/mol. The molecular weight excluding hydrogens is 398 g/mol. The summed E-state index contributed by atoms with van der Waals surface area (Å²) in [6, 6.07) is 15.6. The van der Waals surface area contributed by atoms with E-state index in [2.05, 4.69) is 36.4 Å². The number of allylic oxidation sites excluding steroid dienone is 2. The number of nitrogens with zero attached hydrogens (tertiary/aromatic N) is 2. The number of hydrogen-bond acceptors (Lipinski definition) is 3. The molecule has 1 aromatic heterocycles. The number of ketones is 2. The van der Waals surface area contributed by atoms with Gasteiger partial charge in [0.05, 0.1) is 22.6 Å². The molecule has 2 heterocycles. The van der Waals surface area contributed by atoms with E-state index in [1.54, 1.807) is 12.3 Å². The maximum absolute atomic E-state index is 13.2. The number of carbonyl (C=O) groups is 2. The van der Waals surface area contributed by atoms with Crippen molar-refractivity contribution in [3.05, 3.63) is 77.0 Å². The zero-order valence-electron chi connectivity index (χ0n) is 18.4. The zero-order chi connectivity index (χ0) is 22.6. The fraction of sp³-hybridized carbons (Fsp3) is 0.259. The van der Waals surface area contributed by atoms with Gasteiger partial charge in [0.2, 0.25) is 5.69 Å². The smallest absolute Gasteiger partial charge is 0.209 e. The van der Waals surface area contributed by atoms with Crippen LogP contribution in [0.3, 0.4) is 0 Å². The largest absolute Gasteiger partial charge is 0.361 e. The normalized spacial score (nSPS) is 19.2. The minimum Gasteiger partial charge on any atom is -0.361 e. The monoisotopic (exact) mass is 422 g/mol. The summed E-state index contributed by atoms with van der Waals surface area (Å²) in [7, 11) is 0. The maximum atomic E-state index is 13.2. The Balaban J connectivity index is 1.57. The number of carbonyl (C=O) groups excluding carboxylic acids is 2. The molecule has 0 atom stereocenters. The maximum Gasteiger partial charge on any atom is 0.209 e. The molecule has 0 radical (unpaired) electrons. The number of nitriles is 1. The zero-order valence-corrected chi connectivity index (χ0v) is 18.4. The molecule has 1 N–H and O–H groups in total. The van der Waals surface area contributed by atoms with E-state index in [0.717, 1.165) is 46.4 Å². The highest BCUT2D eigenvalue weighted by Gasteiger charge is 2.50. The predicted octanol–water partition coefficient (Wildman–Crippen LogP) is 4.69. The average Bonchev–Trinajstić information content (AvgIpc) is 3.29. The molecule has 0 spiro atoms. The van der Waals surface area contributed by atoms with Gasteiger partial charge in [0.25, 0.3) is 0 Å². The van der Waals surface area contributed by atoms with E-state index in [0.29, 0.717) is 5.56 Å². The number of aromatic nitrogens is 1. The summed E-state index contributed by atoms with van der Waals surface area (Å²) in [5.41, 5.74) is 5.13. The number of Topliss-reactive ketones (excluding diaryl/α,β-unsaturated/α-hetero) is 2. The molecule has 1 saturated carbocycles. The van der Waals surface area contributed by atoms with Crippen molar-refractivity contribution in [3.63, 3.8) is 0 Å². The van der Waals surface area contributed by atoms with Crippen LogP contribution in [0.2, 0.25) is 0 Å². The van der Waals surface area contributed by atoms with E-state index in [9.17, 15) is 14.9 Å². The summed E-state index contributed by atoms with van der Waals surface area (Å²) < 4.78 is 2.18. The van der Waals surface area contributed by atoms with Crippen molar-refractivity contribution in [2.24, 2.45) is 0 Å². The standard InChI is InChI=1S/C27H23N3O2/c1-4-11-30-22-10-9-16(14-28)12-20(22)27(2,3)23(30)13-18-25(31)24(26(18)32)19-15-29-21-8-6-5-7-17(19)21/h5-10,12-13,15,24H,4,11H2,1-3H3/p+1. The molecule has 158 valence electrons. The van der Waals surface area contributed by atoms with Gasteiger partial charge in [-0.3, -0.25) is 9.59 Å². The predicted molar refractivity (Wildman–Crippen MR) is 123 cm³/mol. The highest BCUT2D eigenvalue weighted by atomic mass is 16.2. The molecule has 2 aromatic carbocycles. The van der Waals surface area contributed by atoms with Gasteiger partial charge in [0, 0.05) is 41.2 Å². The Kier molecular flexibility index (Phi) is 4.49. The SMILES string of the molecule is CCC[N+]1=C(C=C2C(=O)C(c3c[nH]c4ccccc34)C2=O)C(C)(C)c2cc(C#N)ccc21. The van der Waals surface area contributed by atoms with Crippen molar-refractivity contribution < 1.29 is 14.2 Å². The second-order valence-electron chi connectivity index (χ2n) is 9.01. The van der Waals surface area contributed by atoms with Crippen LogP contribution in [0.1, 0.15) is 49.8 Å². The number of hydrogen-bond donors (Lipinski definition) is 1. The Labute approximate surface area is 186 Å². The molecule has 32 heavy (non-hydrogen) atoms. The third kappa shape index (κ3) is 2.73. The molecular formula is C27H24N3O2+. The number of fused-ring (bicyclic) bond motifs is 2. The number of rotatable bonds is 4. The Bertz CT molecular complexity index is 1390. The molecule has 0 unspecified atom stereocenters. The fourth-order valence-corrected chi connectivity index (χ4v) is 5.04. The number of aromatic amines is 1. The number of nitrogens with one attached hydrogen (secondary N) is 1. The van der Waals surface area contributed by atoms with Crippen LogP contribution in [-0.4, -0.2) is 33.4 Å². The van der Waals surface area contributed by atoms with Crippen LogP contribution in [0.5, 0.6) is 0 Å². The van der Waals surface area contributed by atoms with Crippen LogP contribution in [0.15, 0.2) is 60.3 Å². The number of para-hydroxylation sites is 1.